The Labute approximate surface area is 107 Å². The molecule has 16 heavy (non-hydrogen) atoms. The van der Waals surface area contributed by atoms with Crippen LogP contribution in [0.3, 0.4) is 0 Å². The molecule has 0 amide bonds. The second kappa shape index (κ2) is 4.99. The van der Waals surface area contributed by atoms with Crippen LogP contribution in [0.2, 0.25) is 10.0 Å². The van der Waals surface area contributed by atoms with E-state index in [1.165, 1.54) is 11.8 Å². The van der Waals surface area contributed by atoms with Crippen LogP contribution in [0.4, 0.5) is 0 Å². The molecule has 0 aliphatic heterocycles. The zero-order chi connectivity index (χ0) is 11.5. The Morgan fingerprint density at radius 3 is 2.62 bits per heavy atom. The maximum atomic E-state index is 6.10. The Hall–Kier alpha value is -0.840. The lowest BCUT2D eigenvalue weighted by molar-refractivity contribution is 0.405. The SMILES string of the molecule is COc1c(Cl)ccc(Cl)c1Sc1ccn[nH]1. The lowest BCUT2D eigenvalue weighted by Crippen LogP contribution is -1.88. The van der Waals surface area contributed by atoms with Gasteiger partial charge in [-0.2, -0.15) is 5.10 Å². The van der Waals surface area contributed by atoms with Crippen molar-refractivity contribution in [1.29, 1.82) is 0 Å². The Balaban J connectivity index is 2.42. The van der Waals surface area contributed by atoms with Gasteiger partial charge in [-0.1, -0.05) is 35.0 Å². The molecule has 0 aliphatic carbocycles. The van der Waals surface area contributed by atoms with E-state index in [9.17, 15) is 0 Å². The van der Waals surface area contributed by atoms with Gasteiger partial charge < -0.3 is 4.74 Å². The van der Waals surface area contributed by atoms with E-state index in [1.807, 2.05) is 6.07 Å². The summed E-state index contributed by atoms with van der Waals surface area (Å²) in [5.41, 5.74) is 0. The van der Waals surface area contributed by atoms with Gasteiger partial charge in [-0.25, -0.2) is 0 Å². The monoisotopic (exact) mass is 274 g/mol. The molecular weight excluding hydrogens is 267 g/mol. The highest BCUT2D eigenvalue weighted by Crippen LogP contribution is 2.43. The van der Waals surface area contributed by atoms with Gasteiger partial charge in [-0.3, -0.25) is 5.10 Å². The summed E-state index contributed by atoms with van der Waals surface area (Å²) in [7, 11) is 1.56. The lowest BCUT2D eigenvalue weighted by atomic mass is 10.3. The second-order valence-corrected chi connectivity index (χ2v) is 4.78. The molecule has 2 aromatic rings. The smallest absolute Gasteiger partial charge is 0.152 e. The number of benzene rings is 1. The molecule has 1 heterocycles. The van der Waals surface area contributed by atoms with Crippen molar-refractivity contribution in [2.75, 3.05) is 7.11 Å². The van der Waals surface area contributed by atoms with Crippen LogP contribution < -0.4 is 4.74 Å². The number of hydrogen-bond donors (Lipinski definition) is 1. The summed E-state index contributed by atoms with van der Waals surface area (Å²) < 4.78 is 5.23. The highest BCUT2D eigenvalue weighted by atomic mass is 35.5. The number of H-pyrrole nitrogens is 1. The molecule has 6 heteroatoms. The van der Waals surface area contributed by atoms with E-state index < -0.39 is 0 Å². The molecular formula is C10H8Cl2N2OS. The first kappa shape index (κ1) is 11.6. The fraction of sp³-hybridized carbons (Fsp3) is 0.100. The number of nitrogens with zero attached hydrogens (tertiary/aromatic N) is 1. The summed E-state index contributed by atoms with van der Waals surface area (Å²) in [5.74, 6) is 0.578. The number of aromatic amines is 1. The van der Waals surface area contributed by atoms with Gasteiger partial charge in [0.25, 0.3) is 0 Å². The Morgan fingerprint density at radius 1 is 1.25 bits per heavy atom. The average Bonchev–Trinajstić information content (AvgIpc) is 2.77. The molecule has 1 aromatic carbocycles. The third kappa shape index (κ3) is 2.29. The van der Waals surface area contributed by atoms with Crippen LogP contribution in [0.25, 0.3) is 0 Å². The van der Waals surface area contributed by atoms with Gasteiger partial charge in [0.05, 0.1) is 27.1 Å². The molecule has 0 aliphatic rings. The van der Waals surface area contributed by atoms with Gasteiger partial charge in [0.2, 0.25) is 0 Å². The van der Waals surface area contributed by atoms with Crippen molar-refractivity contribution in [3.05, 3.63) is 34.4 Å². The van der Waals surface area contributed by atoms with Crippen LogP contribution in [-0.4, -0.2) is 17.3 Å². The van der Waals surface area contributed by atoms with Gasteiger partial charge >= 0.3 is 0 Å². The van der Waals surface area contributed by atoms with Crippen molar-refractivity contribution in [2.45, 2.75) is 9.92 Å². The molecule has 0 spiro atoms. The Morgan fingerprint density at radius 2 is 2.00 bits per heavy atom. The molecule has 0 saturated heterocycles. The average molecular weight is 275 g/mol. The third-order valence-corrected chi connectivity index (χ3v) is 3.69. The largest absolute Gasteiger partial charge is 0.494 e. The van der Waals surface area contributed by atoms with Gasteiger partial charge in [-0.15, -0.1) is 0 Å². The van der Waals surface area contributed by atoms with E-state index in [-0.39, 0.29) is 0 Å². The highest BCUT2D eigenvalue weighted by Gasteiger charge is 2.13. The van der Waals surface area contributed by atoms with E-state index in [1.54, 1.807) is 25.4 Å². The molecule has 0 saturated carbocycles. The number of rotatable bonds is 3. The Bertz CT molecular complexity index is 488. The summed E-state index contributed by atoms with van der Waals surface area (Å²) in [6.45, 7) is 0. The number of aromatic nitrogens is 2. The van der Waals surface area contributed by atoms with Crippen LogP contribution in [0.1, 0.15) is 0 Å². The summed E-state index contributed by atoms with van der Waals surface area (Å²) in [6.07, 6.45) is 1.67. The molecule has 0 bridgehead atoms. The van der Waals surface area contributed by atoms with Gasteiger partial charge in [0.1, 0.15) is 0 Å². The number of hydrogen-bond acceptors (Lipinski definition) is 3. The van der Waals surface area contributed by atoms with Crippen molar-refractivity contribution in [3.63, 3.8) is 0 Å². The van der Waals surface area contributed by atoms with E-state index in [2.05, 4.69) is 10.2 Å². The zero-order valence-electron chi connectivity index (χ0n) is 8.33. The van der Waals surface area contributed by atoms with Crippen molar-refractivity contribution >= 4 is 35.0 Å². The highest BCUT2D eigenvalue weighted by molar-refractivity contribution is 7.99. The van der Waals surface area contributed by atoms with E-state index >= 15 is 0 Å². The zero-order valence-corrected chi connectivity index (χ0v) is 10.7. The summed E-state index contributed by atoms with van der Waals surface area (Å²) in [5, 5.41) is 8.71. The van der Waals surface area contributed by atoms with E-state index in [0.29, 0.717) is 15.8 Å². The normalized spacial score (nSPS) is 10.4. The van der Waals surface area contributed by atoms with Gasteiger partial charge in [0, 0.05) is 6.20 Å². The molecule has 2 rings (SSSR count). The first-order valence-electron chi connectivity index (χ1n) is 4.41. The number of ether oxygens (including phenoxy) is 1. The van der Waals surface area contributed by atoms with Crippen LogP contribution >= 0.6 is 35.0 Å². The topological polar surface area (TPSA) is 37.9 Å². The summed E-state index contributed by atoms with van der Waals surface area (Å²) in [6, 6.07) is 5.30. The molecule has 1 N–H and O–H groups in total. The first-order chi connectivity index (χ1) is 7.72. The fourth-order valence-electron chi connectivity index (χ4n) is 1.21. The molecule has 3 nitrogen and oxygen atoms in total. The quantitative estimate of drug-likeness (QED) is 0.923. The van der Waals surface area contributed by atoms with Gasteiger partial charge in [0.15, 0.2) is 5.75 Å². The number of halogens is 2. The van der Waals surface area contributed by atoms with Crippen LogP contribution in [0, 0.1) is 0 Å². The second-order valence-electron chi connectivity index (χ2n) is 2.91. The minimum Gasteiger partial charge on any atom is -0.494 e. The van der Waals surface area contributed by atoms with Crippen LogP contribution in [0.5, 0.6) is 5.75 Å². The van der Waals surface area contributed by atoms with Crippen molar-refractivity contribution in [3.8, 4) is 5.75 Å². The predicted molar refractivity (Wildman–Crippen MR) is 65.7 cm³/mol. The maximum Gasteiger partial charge on any atom is 0.152 e. The maximum absolute atomic E-state index is 6.10. The first-order valence-corrected chi connectivity index (χ1v) is 5.99. The van der Waals surface area contributed by atoms with Crippen molar-refractivity contribution in [2.24, 2.45) is 0 Å². The standard InChI is InChI=1S/C10H8Cl2N2OS/c1-15-9-6(11)2-3-7(12)10(9)16-8-4-5-13-14-8/h2-5H,1H3,(H,13,14). The third-order valence-electron chi connectivity index (χ3n) is 1.91. The van der Waals surface area contributed by atoms with E-state index in [4.69, 9.17) is 27.9 Å². The minimum atomic E-state index is 0.536. The summed E-state index contributed by atoms with van der Waals surface area (Å²) >= 11 is 13.5. The molecule has 0 radical (unpaired) electrons. The molecule has 0 unspecified atom stereocenters. The van der Waals surface area contributed by atoms with Crippen LogP contribution in [0.15, 0.2) is 34.3 Å². The minimum absolute atomic E-state index is 0.536. The van der Waals surface area contributed by atoms with Crippen molar-refractivity contribution in [1.82, 2.24) is 10.2 Å². The number of nitrogens with one attached hydrogen (secondary N) is 1. The number of methoxy groups -OCH3 is 1. The fourth-order valence-corrected chi connectivity index (χ4v) is 2.66. The predicted octanol–water partition coefficient (Wildman–Crippen LogP) is 3.88. The van der Waals surface area contributed by atoms with Crippen molar-refractivity contribution < 1.29 is 4.74 Å². The summed E-state index contributed by atoms with van der Waals surface area (Å²) in [4.78, 5) is 0.779. The Kier molecular flexibility index (Phi) is 3.63. The van der Waals surface area contributed by atoms with Gasteiger partial charge in [-0.05, 0) is 18.2 Å². The molecule has 84 valence electrons. The lowest BCUT2D eigenvalue weighted by Gasteiger charge is -2.10. The molecule has 0 atom stereocenters. The molecule has 1 aromatic heterocycles. The molecule has 0 fully saturated rings. The van der Waals surface area contributed by atoms with Crippen LogP contribution in [-0.2, 0) is 0 Å². The van der Waals surface area contributed by atoms with E-state index in [0.717, 1.165) is 9.92 Å².